The van der Waals surface area contributed by atoms with E-state index in [1.165, 1.54) is 4.90 Å². The van der Waals surface area contributed by atoms with Gasteiger partial charge in [0.25, 0.3) is 0 Å². The molecule has 2 rings (SSSR count). The van der Waals surface area contributed by atoms with Crippen molar-refractivity contribution in [2.75, 3.05) is 13.1 Å². The van der Waals surface area contributed by atoms with Crippen LogP contribution in [0.25, 0.3) is 0 Å². The van der Waals surface area contributed by atoms with Gasteiger partial charge in [-0.3, -0.25) is 4.79 Å². The second kappa shape index (κ2) is 5.35. The molecule has 0 bridgehead atoms. The van der Waals surface area contributed by atoms with Gasteiger partial charge in [-0.15, -0.1) is 11.6 Å². The summed E-state index contributed by atoms with van der Waals surface area (Å²) in [6, 6.07) is 0.0895. The first-order chi connectivity index (χ1) is 8.40. The number of nitrogens with one attached hydrogen (secondary N) is 1. The van der Waals surface area contributed by atoms with Gasteiger partial charge in [-0.05, 0) is 19.8 Å². The Morgan fingerprint density at radius 3 is 2.39 bits per heavy atom. The van der Waals surface area contributed by atoms with E-state index in [9.17, 15) is 13.2 Å². The molecule has 1 N–H and O–H groups in total. The van der Waals surface area contributed by atoms with Crippen molar-refractivity contribution in [2.45, 2.75) is 49.3 Å². The van der Waals surface area contributed by atoms with E-state index < -0.39 is 20.7 Å². The number of rotatable bonds is 4. The second-order valence-electron chi connectivity index (χ2n) is 5.13. The fraction of sp³-hybridized carbons (Fsp3) is 0.909. The van der Waals surface area contributed by atoms with Crippen LogP contribution in [0.4, 0.5) is 0 Å². The number of carbonyl (C=O) groups is 1. The highest BCUT2D eigenvalue weighted by molar-refractivity contribution is 7.90. The first kappa shape index (κ1) is 14.1. The van der Waals surface area contributed by atoms with E-state index in [-0.39, 0.29) is 25.0 Å². The molecule has 1 saturated heterocycles. The van der Waals surface area contributed by atoms with Crippen LogP contribution >= 0.6 is 11.6 Å². The molecule has 18 heavy (non-hydrogen) atoms. The molecule has 0 radical (unpaired) electrons. The summed E-state index contributed by atoms with van der Waals surface area (Å²) in [5, 5.41) is -1.06. The quantitative estimate of drug-likeness (QED) is 0.776. The Morgan fingerprint density at radius 1 is 1.33 bits per heavy atom. The smallest absolute Gasteiger partial charge is 0.240 e. The van der Waals surface area contributed by atoms with Crippen molar-refractivity contribution in [3.05, 3.63) is 0 Å². The average molecular weight is 295 g/mol. The molecule has 1 aliphatic carbocycles. The van der Waals surface area contributed by atoms with E-state index in [0.717, 1.165) is 25.7 Å². The fourth-order valence-electron chi connectivity index (χ4n) is 2.44. The molecular formula is C11H19ClN2O3S. The molecule has 1 heterocycles. The molecular weight excluding hydrogens is 276 g/mol. The first-order valence-electron chi connectivity index (χ1n) is 6.34. The number of hydrogen-bond acceptors (Lipinski definition) is 3. The van der Waals surface area contributed by atoms with E-state index in [1.54, 1.807) is 6.92 Å². The second-order valence-corrected chi connectivity index (χ2v) is 7.77. The summed E-state index contributed by atoms with van der Waals surface area (Å²) >= 11 is 5.68. The third-order valence-electron chi connectivity index (χ3n) is 3.62. The number of halogens is 1. The van der Waals surface area contributed by atoms with Crippen molar-refractivity contribution < 1.29 is 13.2 Å². The maximum Gasteiger partial charge on any atom is 0.240 e. The SMILES string of the molecule is CC(Cl)C(=O)N1CC(S(=O)(=O)NC2CCCC2)C1. The lowest BCUT2D eigenvalue weighted by atomic mass is 10.2. The van der Waals surface area contributed by atoms with Gasteiger partial charge in [0, 0.05) is 19.1 Å². The van der Waals surface area contributed by atoms with Crippen molar-refractivity contribution >= 4 is 27.5 Å². The van der Waals surface area contributed by atoms with E-state index in [4.69, 9.17) is 11.6 Å². The van der Waals surface area contributed by atoms with Crippen LogP contribution in [0.1, 0.15) is 32.6 Å². The predicted molar refractivity (Wildman–Crippen MR) is 70.0 cm³/mol. The maximum atomic E-state index is 12.0. The van der Waals surface area contributed by atoms with Gasteiger partial charge in [-0.25, -0.2) is 13.1 Å². The number of alkyl halides is 1. The van der Waals surface area contributed by atoms with E-state index in [0.29, 0.717) is 0 Å². The van der Waals surface area contributed by atoms with E-state index in [1.807, 2.05) is 0 Å². The lowest BCUT2D eigenvalue weighted by molar-refractivity contribution is -0.133. The standard InChI is InChI=1S/C11H19ClN2O3S/c1-8(12)11(15)14-6-10(7-14)18(16,17)13-9-4-2-3-5-9/h8-10,13H,2-7H2,1H3. The van der Waals surface area contributed by atoms with Gasteiger partial charge in [0.2, 0.25) is 15.9 Å². The molecule has 0 aromatic heterocycles. The van der Waals surface area contributed by atoms with Gasteiger partial charge in [0.15, 0.2) is 0 Å². The third-order valence-corrected chi connectivity index (χ3v) is 5.65. The molecule has 2 aliphatic rings. The lowest BCUT2D eigenvalue weighted by Crippen LogP contribution is -2.61. The molecule has 0 aromatic rings. The zero-order valence-corrected chi connectivity index (χ0v) is 12.0. The minimum Gasteiger partial charge on any atom is -0.339 e. The number of amides is 1. The zero-order valence-electron chi connectivity index (χ0n) is 10.4. The fourth-order valence-corrected chi connectivity index (χ4v) is 4.22. The van der Waals surface area contributed by atoms with Gasteiger partial charge in [0.1, 0.15) is 10.6 Å². The molecule has 2 fully saturated rings. The number of nitrogens with zero attached hydrogens (tertiary/aromatic N) is 1. The maximum absolute atomic E-state index is 12.0. The largest absolute Gasteiger partial charge is 0.339 e. The molecule has 0 spiro atoms. The van der Waals surface area contributed by atoms with Crippen LogP contribution in [0.3, 0.4) is 0 Å². The van der Waals surface area contributed by atoms with Crippen LogP contribution in [-0.4, -0.2) is 49.0 Å². The molecule has 7 heteroatoms. The van der Waals surface area contributed by atoms with Crippen LogP contribution in [0.15, 0.2) is 0 Å². The molecule has 1 saturated carbocycles. The summed E-state index contributed by atoms with van der Waals surface area (Å²) < 4.78 is 26.8. The predicted octanol–water partition coefficient (Wildman–Crippen LogP) is 0.686. The van der Waals surface area contributed by atoms with E-state index in [2.05, 4.69) is 4.72 Å². The lowest BCUT2D eigenvalue weighted by Gasteiger charge is -2.39. The summed E-state index contributed by atoms with van der Waals surface area (Å²) in [5.41, 5.74) is 0. The average Bonchev–Trinajstić information content (AvgIpc) is 2.66. The van der Waals surface area contributed by atoms with Crippen LogP contribution in [0.5, 0.6) is 0 Å². The van der Waals surface area contributed by atoms with Crippen LogP contribution in [0.2, 0.25) is 0 Å². The van der Waals surface area contributed by atoms with Gasteiger partial charge < -0.3 is 4.90 Å². The highest BCUT2D eigenvalue weighted by Crippen LogP contribution is 2.22. The van der Waals surface area contributed by atoms with Crippen molar-refractivity contribution in [1.29, 1.82) is 0 Å². The molecule has 0 aromatic carbocycles. The number of sulfonamides is 1. The van der Waals surface area contributed by atoms with Gasteiger partial charge in [-0.1, -0.05) is 12.8 Å². The molecule has 5 nitrogen and oxygen atoms in total. The highest BCUT2D eigenvalue weighted by Gasteiger charge is 2.41. The Kier molecular flexibility index (Phi) is 4.18. The van der Waals surface area contributed by atoms with Crippen LogP contribution in [-0.2, 0) is 14.8 Å². The molecule has 1 atom stereocenters. The number of carbonyl (C=O) groups excluding carboxylic acids is 1. The van der Waals surface area contributed by atoms with Gasteiger partial charge >= 0.3 is 0 Å². The topological polar surface area (TPSA) is 66.5 Å². The minimum atomic E-state index is -3.29. The highest BCUT2D eigenvalue weighted by atomic mass is 35.5. The summed E-state index contributed by atoms with van der Waals surface area (Å²) in [4.78, 5) is 13.0. The van der Waals surface area contributed by atoms with Crippen LogP contribution in [0, 0.1) is 0 Å². The van der Waals surface area contributed by atoms with E-state index >= 15 is 0 Å². The number of hydrogen-bond donors (Lipinski definition) is 1. The Hall–Kier alpha value is -0.330. The molecule has 1 amide bonds. The number of likely N-dealkylation sites (tertiary alicyclic amines) is 1. The van der Waals surface area contributed by atoms with Gasteiger partial charge in [-0.2, -0.15) is 0 Å². The van der Waals surface area contributed by atoms with Crippen molar-refractivity contribution in [1.82, 2.24) is 9.62 Å². The molecule has 104 valence electrons. The van der Waals surface area contributed by atoms with Crippen molar-refractivity contribution in [2.24, 2.45) is 0 Å². The Balaban J connectivity index is 1.84. The Labute approximate surface area is 113 Å². The molecule has 1 aliphatic heterocycles. The normalized spacial score (nSPS) is 24.0. The summed E-state index contributed by atoms with van der Waals surface area (Å²) in [6.45, 7) is 2.12. The van der Waals surface area contributed by atoms with Crippen LogP contribution < -0.4 is 4.72 Å². The van der Waals surface area contributed by atoms with Gasteiger partial charge in [0.05, 0.1) is 0 Å². The Bertz CT molecular complexity index is 412. The summed E-state index contributed by atoms with van der Waals surface area (Å²) in [6.07, 6.45) is 4.03. The minimum absolute atomic E-state index is 0.0895. The Morgan fingerprint density at radius 2 is 1.89 bits per heavy atom. The van der Waals surface area contributed by atoms with Crippen molar-refractivity contribution in [3.63, 3.8) is 0 Å². The third kappa shape index (κ3) is 2.97. The van der Waals surface area contributed by atoms with Crippen molar-refractivity contribution in [3.8, 4) is 0 Å². The zero-order chi connectivity index (χ0) is 13.3. The summed E-state index contributed by atoms with van der Waals surface area (Å²) in [5.74, 6) is -0.191. The summed E-state index contributed by atoms with van der Waals surface area (Å²) in [7, 11) is -3.29. The molecule has 1 unspecified atom stereocenters. The monoisotopic (exact) mass is 294 g/mol. The first-order valence-corrected chi connectivity index (χ1v) is 8.32.